The maximum absolute atomic E-state index is 12.8. The highest BCUT2D eigenvalue weighted by molar-refractivity contribution is 6.32. The van der Waals surface area contributed by atoms with Crippen molar-refractivity contribution in [2.75, 3.05) is 0 Å². The minimum absolute atomic E-state index is 0.118. The maximum Gasteiger partial charge on any atom is 0.142 e. The summed E-state index contributed by atoms with van der Waals surface area (Å²) in [5.41, 5.74) is 1.93. The van der Waals surface area contributed by atoms with Gasteiger partial charge in [0.15, 0.2) is 0 Å². The Balaban J connectivity index is 2.21. The lowest BCUT2D eigenvalue weighted by Gasteiger charge is -2.37. The number of ketones is 1. The number of halogens is 1. The van der Waals surface area contributed by atoms with Gasteiger partial charge >= 0.3 is 0 Å². The van der Waals surface area contributed by atoms with Gasteiger partial charge in [0.1, 0.15) is 5.78 Å². The zero-order valence-electron chi connectivity index (χ0n) is 13.7. The summed E-state index contributed by atoms with van der Waals surface area (Å²) in [7, 11) is 0. The summed E-state index contributed by atoms with van der Waals surface area (Å²) in [6.07, 6.45) is 5.80. The largest absolute Gasteiger partial charge is 0.299 e. The standard InChI is InChI=1S/C17H27ClN2O/c1-5-13-16(18)14(20(6-2)19-13)11-15(21)12-9-7-8-10-17(12,3)4/h12H,5-11H2,1-4H3. The topological polar surface area (TPSA) is 34.9 Å². The van der Waals surface area contributed by atoms with E-state index in [1.54, 1.807) is 0 Å². The molecular weight excluding hydrogens is 284 g/mol. The lowest BCUT2D eigenvalue weighted by Crippen LogP contribution is -2.35. The molecule has 1 atom stereocenters. The molecule has 1 aromatic rings. The Morgan fingerprint density at radius 1 is 1.38 bits per heavy atom. The Kier molecular flexibility index (Phi) is 5.13. The summed E-state index contributed by atoms with van der Waals surface area (Å²) in [6.45, 7) is 9.30. The molecule has 1 heterocycles. The van der Waals surface area contributed by atoms with Crippen molar-refractivity contribution in [3.63, 3.8) is 0 Å². The van der Waals surface area contributed by atoms with Crippen LogP contribution in [-0.2, 0) is 24.2 Å². The average Bonchev–Trinajstić information content (AvgIpc) is 2.74. The first kappa shape index (κ1) is 16.5. The summed E-state index contributed by atoms with van der Waals surface area (Å²) in [5, 5.41) is 5.21. The van der Waals surface area contributed by atoms with Gasteiger partial charge < -0.3 is 0 Å². The third kappa shape index (κ3) is 3.33. The van der Waals surface area contributed by atoms with Gasteiger partial charge in [-0.25, -0.2) is 0 Å². The van der Waals surface area contributed by atoms with Crippen molar-refractivity contribution >= 4 is 17.4 Å². The Bertz CT molecular complexity index is 519. The van der Waals surface area contributed by atoms with Gasteiger partial charge in [0, 0.05) is 12.5 Å². The van der Waals surface area contributed by atoms with Gasteiger partial charge in [-0.1, -0.05) is 45.2 Å². The molecule has 0 amide bonds. The van der Waals surface area contributed by atoms with E-state index in [1.807, 2.05) is 18.5 Å². The summed E-state index contributed by atoms with van der Waals surface area (Å²) in [5.74, 6) is 0.492. The highest BCUT2D eigenvalue weighted by Gasteiger charge is 2.37. The molecule has 2 rings (SSSR count). The number of Topliss-reactive ketones (excluding diaryl/α,β-unsaturated/α-hetero) is 1. The molecule has 0 saturated heterocycles. The quantitative estimate of drug-likeness (QED) is 0.805. The van der Waals surface area contributed by atoms with E-state index in [0.717, 1.165) is 37.2 Å². The van der Waals surface area contributed by atoms with Gasteiger partial charge in [-0.2, -0.15) is 5.10 Å². The molecule has 4 heteroatoms. The molecule has 1 aromatic heterocycles. The Labute approximate surface area is 133 Å². The Hall–Kier alpha value is -0.830. The predicted octanol–water partition coefficient (Wildman–Crippen LogP) is 4.45. The molecule has 0 spiro atoms. The van der Waals surface area contributed by atoms with Crippen molar-refractivity contribution in [3.05, 3.63) is 16.4 Å². The minimum Gasteiger partial charge on any atom is -0.299 e. The van der Waals surface area contributed by atoms with Crippen molar-refractivity contribution in [1.29, 1.82) is 0 Å². The molecular formula is C17H27ClN2O. The van der Waals surface area contributed by atoms with Crippen LogP contribution in [0.1, 0.15) is 64.8 Å². The number of hydrogen-bond acceptors (Lipinski definition) is 2. The molecule has 3 nitrogen and oxygen atoms in total. The monoisotopic (exact) mass is 310 g/mol. The van der Waals surface area contributed by atoms with Crippen molar-refractivity contribution in [2.45, 2.75) is 72.8 Å². The number of carbonyl (C=O) groups excluding carboxylic acids is 1. The molecule has 1 aliphatic carbocycles. The zero-order chi connectivity index (χ0) is 15.6. The molecule has 1 saturated carbocycles. The van der Waals surface area contributed by atoms with E-state index < -0.39 is 0 Å². The number of rotatable bonds is 5. The molecule has 1 unspecified atom stereocenters. The number of nitrogens with zero attached hydrogens (tertiary/aromatic N) is 2. The molecule has 0 aliphatic heterocycles. The fraction of sp³-hybridized carbons (Fsp3) is 0.765. The van der Waals surface area contributed by atoms with Gasteiger partial charge in [-0.15, -0.1) is 0 Å². The van der Waals surface area contributed by atoms with Gasteiger partial charge in [0.25, 0.3) is 0 Å². The Morgan fingerprint density at radius 2 is 2.10 bits per heavy atom. The molecule has 1 fully saturated rings. The van der Waals surface area contributed by atoms with Crippen LogP contribution in [0.4, 0.5) is 0 Å². The maximum atomic E-state index is 12.8. The van der Waals surface area contributed by atoms with Crippen LogP contribution in [0.5, 0.6) is 0 Å². The third-order valence-electron chi connectivity index (χ3n) is 4.93. The van der Waals surface area contributed by atoms with E-state index in [2.05, 4.69) is 18.9 Å². The normalized spacial score (nSPS) is 21.5. The van der Waals surface area contributed by atoms with Crippen LogP contribution in [-0.4, -0.2) is 15.6 Å². The van der Waals surface area contributed by atoms with Gasteiger partial charge in [0.05, 0.1) is 22.8 Å². The number of hydrogen-bond donors (Lipinski definition) is 0. The van der Waals surface area contributed by atoms with Crippen LogP contribution in [0.15, 0.2) is 0 Å². The third-order valence-corrected chi connectivity index (χ3v) is 5.37. The van der Waals surface area contributed by atoms with E-state index in [-0.39, 0.29) is 11.3 Å². The molecule has 118 valence electrons. The number of carbonyl (C=O) groups is 1. The fourth-order valence-corrected chi connectivity index (χ4v) is 3.90. The molecule has 1 aliphatic rings. The van der Waals surface area contributed by atoms with E-state index >= 15 is 0 Å². The second-order valence-electron chi connectivity index (χ2n) is 6.81. The van der Waals surface area contributed by atoms with Crippen LogP contribution in [0.25, 0.3) is 0 Å². The van der Waals surface area contributed by atoms with Crippen molar-refractivity contribution in [2.24, 2.45) is 11.3 Å². The molecule has 0 aromatic carbocycles. The number of aryl methyl sites for hydroxylation is 2. The second-order valence-corrected chi connectivity index (χ2v) is 7.18. The second kappa shape index (κ2) is 6.51. The minimum atomic E-state index is 0.118. The summed E-state index contributed by atoms with van der Waals surface area (Å²) >= 11 is 6.43. The van der Waals surface area contributed by atoms with E-state index in [4.69, 9.17) is 11.6 Å². The van der Waals surface area contributed by atoms with Crippen molar-refractivity contribution < 1.29 is 4.79 Å². The van der Waals surface area contributed by atoms with Crippen LogP contribution >= 0.6 is 11.6 Å². The van der Waals surface area contributed by atoms with Crippen molar-refractivity contribution in [1.82, 2.24) is 9.78 Å². The van der Waals surface area contributed by atoms with Crippen molar-refractivity contribution in [3.8, 4) is 0 Å². The van der Waals surface area contributed by atoms with E-state index in [9.17, 15) is 4.79 Å². The predicted molar refractivity (Wildman–Crippen MR) is 86.7 cm³/mol. The average molecular weight is 311 g/mol. The summed E-state index contributed by atoms with van der Waals surface area (Å²) in [6, 6.07) is 0. The highest BCUT2D eigenvalue weighted by atomic mass is 35.5. The smallest absolute Gasteiger partial charge is 0.142 e. The molecule has 0 radical (unpaired) electrons. The first-order valence-electron chi connectivity index (χ1n) is 8.17. The summed E-state index contributed by atoms with van der Waals surface area (Å²) in [4.78, 5) is 12.8. The van der Waals surface area contributed by atoms with Gasteiger partial charge in [0.2, 0.25) is 0 Å². The first-order valence-corrected chi connectivity index (χ1v) is 8.55. The number of aromatic nitrogens is 2. The lowest BCUT2D eigenvalue weighted by molar-refractivity contribution is -0.127. The first-order chi connectivity index (χ1) is 9.90. The van der Waals surface area contributed by atoms with Gasteiger partial charge in [-0.3, -0.25) is 9.48 Å². The molecule has 21 heavy (non-hydrogen) atoms. The fourth-order valence-electron chi connectivity index (χ4n) is 3.57. The van der Waals surface area contributed by atoms with E-state index in [0.29, 0.717) is 17.2 Å². The summed E-state index contributed by atoms with van der Waals surface area (Å²) < 4.78 is 1.90. The van der Waals surface area contributed by atoms with E-state index in [1.165, 1.54) is 12.8 Å². The lowest BCUT2D eigenvalue weighted by atomic mass is 9.66. The molecule has 0 bridgehead atoms. The molecule has 0 N–H and O–H groups in total. The zero-order valence-corrected chi connectivity index (χ0v) is 14.5. The van der Waals surface area contributed by atoms with Crippen LogP contribution in [0.3, 0.4) is 0 Å². The highest BCUT2D eigenvalue weighted by Crippen LogP contribution is 2.41. The van der Waals surface area contributed by atoms with Crippen LogP contribution < -0.4 is 0 Å². The van der Waals surface area contributed by atoms with Crippen LogP contribution in [0.2, 0.25) is 5.02 Å². The SMILES string of the molecule is CCc1nn(CC)c(CC(=O)C2CCCCC2(C)C)c1Cl. The Morgan fingerprint density at radius 3 is 2.67 bits per heavy atom. The van der Waals surface area contributed by atoms with Gasteiger partial charge in [-0.05, 0) is 31.6 Å². The van der Waals surface area contributed by atoms with Crippen LogP contribution in [0, 0.1) is 11.3 Å².